The molecular weight excluding hydrogens is 226 g/mol. The van der Waals surface area contributed by atoms with Crippen LogP contribution in [0, 0.1) is 0 Å². The maximum atomic E-state index is 5.84. The highest BCUT2D eigenvalue weighted by Gasteiger charge is 2.08. The van der Waals surface area contributed by atoms with Gasteiger partial charge in [0.1, 0.15) is 11.5 Å². The van der Waals surface area contributed by atoms with Gasteiger partial charge in [-0.3, -0.25) is 0 Å². The summed E-state index contributed by atoms with van der Waals surface area (Å²) in [6.45, 7) is 12.0. The molecule has 0 aromatic heterocycles. The summed E-state index contributed by atoms with van der Waals surface area (Å²) in [6.07, 6.45) is 0.344. The van der Waals surface area contributed by atoms with Gasteiger partial charge in [0.2, 0.25) is 0 Å². The van der Waals surface area contributed by atoms with E-state index in [0.29, 0.717) is 0 Å². The molecule has 0 amide bonds. The number of benzene rings is 1. The van der Waals surface area contributed by atoms with Crippen LogP contribution in [0.3, 0.4) is 0 Å². The molecule has 0 unspecified atom stereocenters. The maximum absolute atomic E-state index is 5.84. The van der Waals surface area contributed by atoms with Crippen molar-refractivity contribution in [2.75, 3.05) is 6.54 Å². The second-order valence-electron chi connectivity index (χ2n) is 4.88. The first-order valence-corrected chi connectivity index (χ1v) is 6.69. The number of ether oxygens (including phenoxy) is 2. The Morgan fingerprint density at radius 2 is 1.72 bits per heavy atom. The monoisotopic (exact) mass is 251 g/mol. The Bertz CT molecular complexity index is 362. The Hall–Kier alpha value is -1.22. The average Bonchev–Trinajstić information content (AvgIpc) is 2.26. The average molecular weight is 251 g/mol. The van der Waals surface area contributed by atoms with Gasteiger partial charge in [-0.25, -0.2) is 0 Å². The number of hydrogen-bond donors (Lipinski definition) is 1. The molecule has 0 fully saturated rings. The minimum Gasteiger partial charge on any atom is -0.491 e. The van der Waals surface area contributed by atoms with Crippen molar-refractivity contribution in [2.45, 2.75) is 53.4 Å². The van der Waals surface area contributed by atoms with Gasteiger partial charge < -0.3 is 14.8 Å². The minimum atomic E-state index is 0.166. The van der Waals surface area contributed by atoms with E-state index in [-0.39, 0.29) is 12.2 Å². The van der Waals surface area contributed by atoms with E-state index in [1.165, 1.54) is 5.56 Å². The van der Waals surface area contributed by atoms with Gasteiger partial charge in [-0.1, -0.05) is 13.0 Å². The van der Waals surface area contributed by atoms with Crippen LogP contribution in [0.4, 0.5) is 0 Å². The highest BCUT2D eigenvalue weighted by Crippen LogP contribution is 2.26. The molecule has 1 aromatic carbocycles. The molecule has 3 heteroatoms. The van der Waals surface area contributed by atoms with Crippen LogP contribution in [-0.2, 0) is 6.54 Å². The van der Waals surface area contributed by atoms with Crippen LogP contribution in [-0.4, -0.2) is 18.8 Å². The Morgan fingerprint density at radius 3 is 2.28 bits per heavy atom. The molecule has 18 heavy (non-hydrogen) atoms. The molecule has 0 aliphatic rings. The Morgan fingerprint density at radius 1 is 1.06 bits per heavy atom. The van der Waals surface area contributed by atoms with Gasteiger partial charge in [0, 0.05) is 18.2 Å². The molecule has 0 saturated heterocycles. The standard InChI is InChI=1S/C15H25NO2/c1-6-16-10-13-7-8-14(17-11(2)3)9-15(13)18-12(4)5/h7-9,11-12,16H,6,10H2,1-5H3. The van der Waals surface area contributed by atoms with E-state index in [1.54, 1.807) is 0 Å². The molecule has 0 aliphatic carbocycles. The third kappa shape index (κ3) is 4.96. The van der Waals surface area contributed by atoms with E-state index in [2.05, 4.69) is 18.3 Å². The zero-order valence-corrected chi connectivity index (χ0v) is 12.1. The van der Waals surface area contributed by atoms with Crippen molar-refractivity contribution in [2.24, 2.45) is 0 Å². The van der Waals surface area contributed by atoms with Crippen LogP contribution < -0.4 is 14.8 Å². The summed E-state index contributed by atoms with van der Waals surface area (Å²) in [5.41, 5.74) is 1.17. The van der Waals surface area contributed by atoms with Gasteiger partial charge in [0.15, 0.2) is 0 Å². The zero-order chi connectivity index (χ0) is 13.5. The van der Waals surface area contributed by atoms with E-state index < -0.39 is 0 Å². The molecule has 1 aromatic rings. The van der Waals surface area contributed by atoms with Crippen LogP contribution in [0.1, 0.15) is 40.2 Å². The lowest BCUT2D eigenvalue weighted by Crippen LogP contribution is -2.15. The van der Waals surface area contributed by atoms with Gasteiger partial charge in [0.05, 0.1) is 12.2 Å². The smallest absolute Gasteiger partial charge is 0.127 e. The lowest BCUT2D eigenvalue weighted by atomic mass is 10.2. The molecular formula is C15H25NO2. The molecule has 0 radical (unpaired) electrons. The first-order valence-electron chi connectivity index (χ1n) is 6.69. The lowest BCUT2D eigenvalue weighted by Gasteiger charge is -2.17. The molecule has 0 bridgehead atoms. The largest absolute Gasteiger partial charge is 0.491 e. The molecule has 0 heterocycles. The van der Waals surface area contributed by atoms with Crippen molar-refractivity contribution in [1.29, 1.82) is 0 Å². The highest BCUT2D eigenvalue weighted by molar-refractivity contribution is 5.41. The highest BCUT2D eigenvalue weighted by atomic mass is 16.5. The third-order valence-electron chi connectivity index (χ3n) is 2.34. The summed E-state index contributed by atoms with van der Waals surface area (Å²) >= 11 is 0. The second-order valence-corrected chi connectivity index (χ2v) is 4.88. The molecule has 0 spiro atoms. The van der Waals surface area contributed by atoms with Crippen molar-refractivity contribution >= 4 is 0 Å². The van der Waals surface area contributed by atoms with E-state index in [4.69, 9.17) is 9.47 Å². The normalized spacial score (nSPS) is 11.1. The molecule has 1 N–H and O–H groups in total. The fourth-order valence-corrected chi connectivity index (χ4v) is 1.65. The predicted molar refractivity (Wildman–Crippen MR) is 75.4 cm³/mol. The first kappa shape index (κ1) is 14.8. The predicted octanol–water partition coefficient (Wildman–Crippen LogP) is 3.37. The van der Waals surface area contributed by atoms with Crippen LogP contribution in [0.5, 0.6) is 11.5 Å². The van der Waals surface area contributed by atoms with E-state index in [1.807, 2.05) is 39.8 Å². The van der Waals surface area contributed by atoms with Crippen LogP contribution >= 0.6 is 0 Å². The van der Waals surface area contributed by atoms with E-state index >= 15 is 0 Å². The molecule has 1 rings (SSSR count). The summed E-state index contributed by atoms with van der Waals surface area (Å²) in [5.74, 6) is 1.77. The summed E-state index contributed by atoms with van der Waals surface area (Å²) in [4.78, 5) is 0. The Balaban J connectivity index is 2.88. The van der Waals surface area contributed by atoms with Gasteiger partial charge in [-0.05, 0) is 40.3 Å². The van der Waals surface area contributed by atoms with E-state index in [0.717, 1.165) is 24.6 Å². The zero-order valence-electron chi connectivity index (χ0n) is 12.1. The van der Waals surface area contributed by atoms with Crippen LogP contribution in [0.2, 0.25) is 0 Å². The molecule has 0 saturated carbocycles. The molecule has 3 nitrogen and oxygen atoms in total. The molecule has 0 aliphatic heterocycles. The maximum Gasteiger partial charge on any atom is 0.127 e. The van der Waals surface area contributed by atoms with Crippen LogP contribution in [0.15, 0.2) is 18.2 Å². The quantitative estimate of drug-likeness (QED) is 0.806. The first-order chi connectivity index (χ1) is 8.52. The second kappa shape index (κ2) is 7.27. The summed E-state index contributed by atoms with van der Waals surface area (Å²) in [7, 11) is 0. The van der Waals surface area contributed by atoms with Crippen molar-refractivity contribution in [3.05, 3.63) is 23.8 Å². The summed E-state index contributed by atoms with van der Waals surface area (Å²) in [6, 6.07) is 6.05. The molecule has 0 atom stereocenters. The van der Waals surface area contributed by atoms with Crippen molar-refractivity contribution < 1.29 is 9.47 Å². The van der Waals surface area contributed by atoms with E-state index in [9.17, 15) is 0 Å². The molecule has 102 valence electrons. The summed E-state index contributed by atoms with van der Waals surface area (Å²) < 4.78 is 11.5. The fourth-order valence-electron chi connectivity index (χ4n) is 1.65. The SMILES string of the molecule is CCNCc1ccc(OC(C)C)cc1OC(C)C. The van der Waals surface area contributed by atoms with Gasteiger partial charge in [-0.2, -0.15) is 0 Å². The van der Waals surface area contributed by atoms with Crippen molar-refractivity contribution in [1.82, 2.24) is 5.32 Å². The van der Waals surface area contributed by atoms with Crippen molar-refractivity contribution in [3.8, 4) is 11.5 Å². The minimum absolute atomic E-state index is 0.166. The summed E-state index contributed by atoms with van der Waals surface area (Å²) in [5, 5.41) is 3.32. The number of rotatable bonds is 7. The number of hydrogen-bond acceptors (Lipinski definition) is 3. The Kier molecular flexibility index (Phi) is 5.99. The fraction of sp³-hybridized carbons (Fsp3) is 0.600. The van der Waals surface area contributed by atoms with Gasteiger partial charge >= 0.3 is 0 Å². The van der Waals surface area contributed by atoms with Gasteiger partial charge in [-0.15, -0.1) is 0 Å². The Labute approximate surface area is 110 Å². The van der Waals surface area contributed by atoms with Crippen LogP contribution in [0.25, 0.3) is 0 Å². The lowest BCUT2D eigenvalue weighted by molar-refractivity contribution is 0.227. The third-order valence-corrected chi connectivity index (χ3v) is 2.34. The van der Waals surface area contributed by atoms with Crippen molar-refractivity contribution in [3.63, 3.8) is 0 Å². The number of nitrogens with one attached hydrogen (secondary N) is 1. The topological polar surface area (TPSA) is 30.5 Å². The van der Waals surface area contributed by atoms with Gasteiger partial charge in [0.25, 0.3) is 0 Å².